The molecular weight excluding hydrogens is 311 g/mol. The van der Waals surface area contributed by atoms with Gasteiger partial charge in [0.15, 0.2) is 0 Å². The van der Waals surface area contributed by atoms with Gasteiger partial charge in [0, 0.05) is 25.2 Å². The largest absolute Gasteiger partial charge is 0.493 e. The Hall–Kier alpha value is -0.970. The highest BCUT2D eigenvalue weighted by Gasteiger charge is 2.24. The van der Waals surface area contributed by atoms with Gasteiger partial charge in [-0.05, 0) is 37.6 Å². The topological polar surface area (TPSA) is 41.6 Å². The molecule has 21 heavy (non-hydrogen) atoms. The zero-order valence-corrected chi connectivity index (χ0v) is 13.8. The first-order chi connectivity index (χ1) is 9.66. The molecule has 1 saturated heterocycles. The molecule has 1 unspecified atom stereocenters. The molecule has 1 N–H and O–H groups in total. The van der Waals surface area contributed by atoms with Gasteiger partial charge in [0.1, 0.15) is 5.75 Å². The normalized spacial score (nSPS) is 17.1. The summed E-state index contributed by atoms with van der Waals surface area (Å²) in [7, 11) is 1.86. The molecule has 6 heteroatoms. The van der Waals surface area contributed by atoms with E-state index in [2.05, 4.69) is 5.32 Å². The molecule has 1 fully saturated rings. The third kappa shape index (κ3) is 5.73. The van der Waals surface area contributed by atoms with Gasteiger partial charge in [-0.25, -0.2) is 0 Å². The van der Waals surface area contributed by atoms with Crippen molar-refractivity contribution >= 4 is 29.9 Å². The van der Waals surface area contributed by atoms with E-state index in [1.54, 1.807) is 11.0 Å². The van der Waals surface area contributed by atoms with Gasteiger partial charge in [0.25, 0.3) is 0 Å². The Morgan fingerprint density at radius 3 is 3.00 bits per heavy atom. The summed E-state index contributed by atoms with van der Waals surface area (Å²) in [6.45, 7) is 3.06. The minimum Gasteiger partial charge on any atom is -0.493 e. The Morgan fingerprint density at radius 2 is 2.33 bits per heavy atom. The van der Waals surface area contributed by atoms with Gasteiger partial charge in [0.2, 0.25) is 5.91 Å². The Kier molecular flexibility index (Phi) is 7.86. The van der Waals surface area contributed by atoms with Crippen LogP contribution in [-0.2, 0) is 4.79 Å². The Balaban J connectivity index is 0.00000220. The first-order valence-electron chi connectivity index (χ1n) is 7.01. The molecule has 4 nitrogen and oxygen atoms in total. The van der Waals surface area contributed by atoms with Gasteiger partial charge in [-0.2, -0.15) is 0 Å². The summed E-state index contributed by atoms with van der Waals surface area (Å²) in [5.41, 5.74) is 0. The van der Waals surface area contributed by atoms with E-state index in [9.17, 15) is 4.79 Å². The number of rotatable bonds is 6. The number of hydrogen-bond donors (Lipinski definition) is 1. The highest BCUT2D eigenvalue weighted by atomic mass is 35.5. The summed E-state index contributed by atoms with van der Waals surface area (Å²) in [6.07, 6.45) is 1.76. The smallest absolute Gasteiger partial charge is 0.226 e. The first-order valence-corrected chi connectivity index (χ1v) is 7.38. The molecule has 1 heterocycles. The number of nitrogens with one attached hydrogen (secondary N) is 1. The highest BCUT2D eigenvalue weighted by Crippen LogP contribution is 2.17. The van der Waals surface area contributed by atoms with E-state index >= 15 is 0 Å². The van der Waals surface area contributed by atoms with Crippen molar-refractivity contribution in [2.45, 2.75) is 12.8 Å². The van der Waals surface area contributed by atoms with E-state index in [-0.39, 0.29) is 24.2 Å². The molecule has 1 atom stereocenters. The number of carbonyl (C=O) groups is 1. The predicted octanol–water partition coefficient (Wildman–Crippen LogP) is 2.60. The lowest BCUT2D eigenvalue weighted by Crippen LogP contribution is -2.35. The lowest BCUT2D eigenvalue weighted by molar-refractivity contribution is -0.133. The molecule has 0 aromatic heterocycles. The second-order valence-electron chi connectivity index (χ2n) is 5.11. The summed E-state index contributed by atoms with van der Waals surface area (Å²) in [6, 6.07) is 7.35. The molecule has 1 amide bonds. The Bertz CT molecular complexity index is 451. The van der Waals surface area contributed by atoms with Gasteiger partial charge >= 0.3 is 0 Å². The number of carbonyl (C=O) groups excluding carboxylic acids is 1. The quantitative estimate of drug-likeness (QED) is 0.814. The fourth-order valence-corrected chi connectivity index (χ4v) is 2.52. The van der Waals surface area contributed by atoms with Crippen molar-refractivity contribution in [2.75, 3.05) is 33.3 Å². The summed E-state index contributed by atoms with van der Waals surface area (Å²) in [4.78, 5) is 13.9. The number of hydrogen-bond acceptors (Lipinski definition) is 3. The average Bonchev–Trinajstić information content (AvgIpc) is 2.96. The lowest BCUT2D eigenvalue weighted by Gasteiger charge is -2.20. The molecule has 2 rings (SSSR count). The van der Waals surface area contributed by atoms with Gasteiger partial charge in [-0.1, -0.05) is 17.7 Å². The molecule has 118 valence electrons. The maximum absolute atomic E-state index is 12.1. The lowest BCUT2D eigenvalue weighted by atomic mass is 10.1. The van der Waals surface area contributed by atoms with Gasteiger partial charge in [-0.15, -0.1) is 12.4 Å². The van der Waals surface area contributed by atoms with Crippen molar-refractivity contribution < 1.29 is 9.53 Å². The molecular formula is C15H22Cl2N2O2. The second kappa shape index (κ2) is 9.13. The van der Waals surface area contributed by atoms with Crippen LogP contribution in [0.3, 0.4) is 0 Å². The molecule has 1 aromatic carbocycles. The van der Waals surface area contributed by atoms with E-state index in [0.29, 0.717) is 11.6 Å². The molecule has 1 aliphatic heterocycles. The molecule has 0 saturated carbocycles. The summed E-state index contributed by atoms with van der Waals surface area (Å²) < 4.78 is 5.61. The Morgan fingerprint density at radius 1 is 1.52 bits per heavy atom. The van der Waals surface area contributed by atoms with Gasteiger partial charge in [-0.3, -0.25) is 4.79 Å². The maximum Gasteiger partial charge on any atom is 0.226 e. The minimum atomic E-state index is 0. The summed E-state index contributed by atoms with van der Waals surface area (Å²) in [5, 5.41) is 3.89. The average molecular weight is 333 g/mol. The van der Waals surface area contributed by atoms with Crippen molar-refractivity contribution in [1.82, 2.24) is 10.2 Å². The number of nitrogens with zero attached hydrogens (tertiary/aromatic N) is 1. The second-order valence-corrected chi connectivity index (χ2v) is 5.55. The highest BCUT2D eigenvalue weighted by molar-refractivity contribution is 6.30. The summed E-state index contributed by atoms with van der Waals surface area (Å²) in [5.74, 6) is 1.15. The predicted molar refractivity (Wildman–Crippen MR) is 87.4 cm³/mol. The molecule has 0 aliphatic carbocycles. The fraction of sp³-hybridized carbons (Fsp3) is 0.533. The SMILES string of the molecule is CN(CCCOc1cccc(Cl)c1)C(=O)C1CCNC1.Cl. The van der Waals surface area contributed by atoms with Gasteiger partial charge in [0.05, 0.1) is 12.5 Å². The van der Waals surface area contributed by atoms with Crippen molar-refractivity contribution in [2.24, 2.45) is 5.92 Å². The van der Waals surface area contributed by atoms with Crippen LogP contribution in [0, 0.1) is 5.92 Å². The van der Waals surface area contributed by atoms with Crippen molar-refractivity contribution in [3.63, 3.8) is 0 Å². The van der Waals surface area contributed by atoms with Crippen molar-refractivity contribution in [3.05, 3.63) is 29.3 Å². The number of ether oxygens (including phenoxy) is 1. The number of halogens is 2. The van der Waals surface area contributed by atoms with E-state index in [1.807, 2.05) is 25.2 Å². The third-order valence-corrected chi connectivity index (χ3v) is 3.72. The van der Waals surface area contributed by atoms with Crippen molar-refractivity contribution in [1.29, 1.82) is 0 Å². The number of benzene rings is 1. The fourth-order valence-electron chi connectivity index (χ4n) is 2.34. The first kappa shape index (κ1) is 18.1. The van der Waals surface area contributed by atoms with Gasteiger partial charge < -0.3 is 15.0 Å². The molecule has 1 aromatic rings. The van der Waals surface area contributed by atoms with E-state index in [1.165, 1.54) is 0 Å². The number of amides is 1. The monoisotopic (exact) mass is 332 g/mol. The van der Waals surface area contributed by atoms with Crippen LogP contribution in [0.2, 0.25) is 5.02 Å². The van der Waals surface area contributed by atoms with E-state index in [4.69, 9.17) is 16.3 Å². The Labute approximate surface area is 137 Å². The van der Waals surface area contributed by atoms with E-state index in [0.717, 1.165) is 38.2 Å². The summed E-state index contributed by atoms with van der Waals surface area (Å²) >= 11 is 5.88. The molecule has 0 spiro atoms. The van der Waals surface area contributed by atoms with Crippen molar-refractivity contribution in [3.8, 4) is 5.75 Å². The van der Waals surface area contributed by atoms with Crippen LogP contribution in [0.25, 0.3) is 0 Å². The molecule has 0 radical (unpaired) electrons. The third-order valence-electron chi connectivity index (χ3n) is 3.49. The van der Waals surface area contributed by atoms with Crippen LogP contribution >= 0.6 is 24.0 Å². The maximum atomic E-state index is 12.1. The molecule has 0 bridgehead atoms. The van der Waals surface area contributed by atoms with Crippen LogP contribution in [0.15, 0.2) is 24.3 Å². The standard InChI is InChI=1S/C15H21ClN2O2.ClH/c1-18(15(19)12-6-7-17-11-12)8-3-9-20-14-5-2-4-13(16)10-14;/h2,4-5,10,12,17H,3,6-9,11H2,1H3;1H. The molecule has 1 aliphatic rings. The zero-order valence-electron chi connectivity index (χ0n) is 12.2. The minimum absolute atomic E-state index is 0. The van der Waals surface area contributed by atoms with E-state index < -0.39 is 0 Å². The van der Waals surface area contributed by atoms with Crippen LogP contribution in [0.4, 0.5) is 0 Å². The van der Waals surface area contributed by atoms with Crippen LogP contribution in [0.1, 0.15) is 12.8 Å². The van der Waals surface area contributed by atoms with Crippen LogP contribution in [0.5, 0.6) is 5.75 Å². The van der Waals surface area contributed by atoms with Crippen LogP contribution < -0.4 is 10.1 Å². The zero-order chi connectivity index (χ0) is 14.4. The van der Waals surface area contributed by atoms with Crippen LogP contribution in [-0.4, -0.2) is 44.1 Å².